The number of rotatable bonds is 2. The summed E-state index contributed by atoms with van der Waals surface area (Å²) in [6, 6.07) is 7.81. The van der Waals surface area contributed by atoms with Gasteiger partial charge in [0.1, 0.15) is 17.4 Å². The van der Waals surface area contributed by atoms with E-state index in [0.29, 0.717) is 5.76 Å². The van der Waals surface area contributed by atoms with Crippen molar-refractivity contribution in [2.45, 2.75) is 51.4 Å². The molecule has 4 heteroatoms. The van der Waals surface area contributed by atoms with Crippen molar-refractivity contribution in [1.82, 2.24) is 0 Å². The van der Waals surface area contributed by atoms with Crippen LogP contribution < -0.4 is 0 Å². The van der Waals surface area contributed by atoms with E-state index < -0.39 is 6.10 Å². The third kappa shape index (κ3) is 2.65. The zero-order valence-corrected chi connectivity index (χ0v) is 14.4. The predicted octanol–water partition coefficient (Wildman–Crippen LogP) is 4.82. The SMILES string of the molecule is CC1(C)CC(C(O)c2cc3cccc(Br)c3o2)C(C)(C)O1. The fourth-order valence-corrected chi connectivity index (χ4v) is 3.95. The van der Waals surface area contributed by atoms with Gasteiger partial charge in [-0.15, -0.1) is 0 Å². The molecule has 0 saturated carbocycles. The highest BCUT2D eigenvalue weighted by molar-refractivity contribution is 9.10. The smallest absolute Gasteiger partial charge is 0.148 e. The summed E-state index contributed by atoms with van der Waals surface area (Å²) < 4.78 is 12.9. The molecule has 3 rings (SSSR count). The topological polar surface area (TPSA) is 42.6 Å². The summed E-state index contributed by atoms with van der Waals surface area (Å²) in [6.07, 6.45) is 0.139. The molecule has 2 aromatic rings. The van der Waals surface area contributed by atoms with E-state index in [-0.39, 0.29) is 17.1 Å². The lowest BCUT2D eigenvalue weighted by atomic mass is 9.82. The number of fused-ring (bicyclic) bond motifs is 1. The number of para-hydroxylation sites is 1. The van der Waals surface area contributed by atoms with Crippen molar-refractivity contribution in [2.75, 3.05) is 0 Å². The van der Waals surface area contributed by atoms with Gasteiger partial charge >= 0.3 is 0 Å². The first-order valence-electron chi connectivity index (χ1n) is 7.26. The molecule has 1 aromatic carbocycles. The van der Waals surface area contributed by atoms with E-state index >= 15 is 0 Å². The monoisotopic (exact) mass is 352 g/mol. The summed E-state index contributed by atoms with van der Waals surface area (Å²) >= 11 is 3.48. The minimum atomic E-state index is -0.666. The minimum absolute atomic E-state index is 0.00633. The van der Waals surface area contributed by atoms with Crippen molar-refractivity contribution in [1.29, 1.82) is 0 Å². The summed E-state index contributed by atoms with van der Waals surface area (Å²) in [5.74, 6) is 0.614. The van der Waals surface area contributed by atoms with Crippen LogP contribution in [-0.2, 0) is 4.74 Å². The standard InChI is InChI=1S/C17H21BrO3/c1-16(2)9-11(17(3,4)21-16)14(19)13-8-10-6-5-7-12(18)15(10)20-13/h5-8,11,14,19H,9H2,1-4H3. The van der Waals surface area contributed by atoms with Gasteiger partial charge in [-0.3, -0.25) is 0 Å². The van der Waals surface area contributed by atoms with Gasteiger partial charge in [0.15, 0.2) is 0 Å². The third-order valence-corrected chi connectivity index (χ3v) is 4.96. The highest BCUT2D eigenvalue weighted by Gasteiger charge is 2.49. The molecule has 1 aliphatic rings. The molecule has 1 fully saturated rings. The summed E-state index contributed by atoms with van der Waals surface area (Å²) in [4.78, 5) is 0. The first-order valence-corrected chi connectivity index (χ1v) is 8.05. The fourth-order valence-electron chi connectivity index (χ4n) is 3.49. The third-order valence-electron chi connectivity index (χ3n) is 4.33. The lowest BCUT2D eigenvalue weighted by molar-refractivity contribution is -0.0897. The van der Waals surface area contributed by atoms with Crippen molar-refractivity contribution in [3.63, 3.8) is 0 Å². The number of halogens is 1. The lowest BCUT2D eigenvalue weighted by Gasteiger charge is -2.29. The number of ether oxygens (including phenoxy) is 1. The van der Waals surface area contributed by atoms with E-state index in [1.165, 1.54) is 0 Å². The van der Waals surface area contributed by atoms with Crippen LogP contribution in [0, 0.1) is 5.92 Å². The Hall–Kier alpha value is -0.840. The van der Waals surface area contributed by atoms with Crippen LogP contribution in [0.5, 0.6) is 0 Å². The van der Waals surface area contributed by atoms with Gasteiger partial charge in [-0.25, -0.2) is 0 Å². The summed E-state index contributed by atoms with van der Waals surface area (Å²) in [5.41, 5.74) is 0.184. The number of hydrogen-bond donors (Lipinski definition) is 1. The molecule has 0 aliphatic carbocycles. The summed E-state index contributed by atoms with van der Waals surface area (Å²) in [5, 5.41) is 11.8. The average molecular weight is 353 g/mol. The van der Waals surface area contributed by atoms with Crippen LogP contribution in [0.3, 0.4) is 0 Å². The Morgan fingerprint density at radius 1 is 1.29 bits per heavy atom. The van der Waals surface area contributed by atoms with Crippen LogP contribution in [0.4, 0.5) is 0 Å². The molecule has 1 aliphatic heterocycles. The zero-order chi connectivity index (χ0) is 15.4. The Balaban J connectivity index is 1.97. The molecule has 1 saturated heterocycles. The number of aliphatic hydroxyl groups excluding tert-OH is 1. The van der Waals surface area contributed by atoms with Crippen molar-refractivity contribution in [2.24, 2.45) is 5.92 Å². The van der Waals surface area contributed by atoms with Crippen LogP contribution in [-0.4, -0.2) is 16.3 Å². The van der Waals surface area contributed by atoms with E-state index in [4.69, 9.17) is 9.15 Å². The van der Waals surface area contributed by atoms with Gasteiger partial charge in [0.25, 0.3) is 0 Å². The number of furan rings is 1. The van der Waals surface area contributed by atoms with E-state index in [0.717, 1.165) is 21.9 Å². The molecule has 1 N–H and O–H groups in total. The molecule has 2 unspecified atom stereocenters. The Labute approximate surface area is 133 Å². The van der Waals surface area contributed by atoms with Crippen molar-refractivity contribution >= 4 is 26.9 Å². The lowest BCUT2D eigenvalue weighted by Crippen LogP contribution is -2.32. The second-order valence-electron chi connectivity index (χ2n) is 7.03. The van der Waals surface area contributed by atoms with Gasteiger partial charge in [0.05, 0.1) is 15.7 Å². The van der Waals surface area contributed by atoms with Gasteiger partial charge in [-0.1, -0.05) is 12.1 Å². The number of hydrogen-bond acceptors (Lipinski definition) is 3. The first kappa shape index (κ1) is 15.1. The Bertz CT molecular complexity index is 672. The van der Waals surface area contributed by atoms with Crippen LogP contribution in [0.2, 0.25) is 0 Å². The van der Waals surface area contributed by atoms with Crippen molar-refractivity contribution < 1.29 is 14.3 Å². The van der Waals surface area contributed by atoms with E-state index in [9.17, 15) is 5.11 Å². The molecule has 0 bridgehead atoms. The molecule has 0 spiro atoms. The maximum atomic E-state index is 10.8. The minimum Gasteiger partial charge on any atom is -0.457 e. The molecule has 21 heavy (non-hydrogen) atoms. The second kappa shape index (κ2) is 4.83. The van der Waals surface area contributed by atoms with Gasteiger partial charge in [0.2, 0.25) is 0 Å². The maximum absolute atomic E-state index is 10.8. The Morgan fingerprint density at radius 2 is 2.00 bits per heavy atom. The Morgan fingerprint density at radius 3 is 2.57 bits per heavy atom. The number of benzene rings is 1. The highest BCUT2D eigenvalue weighted by atomic mass is 79.9. The van der Waals surface area contributed by atoms with Crippen LogP contribution in [0.15, 0.2) is 33.2 Å². The molecule has 3 nitrogen and oxygen atoms in total. The number of aliphatic hydroxyl groups is 1. The quantitative estimate of drug-likeness (QED) is 0.842. The van der Waals surface area contributed by atoms with Gasteiger partial charge in [0, 0.05) is 11.3 Å². The average Bonchev–Trinajstić information content (AvgIpc) is 2.87. The van der Waals surface area contributed by atoms with Crippen LogP contribution in [0.1, 0.15) is 46.0 Å². The molecule has 2 heterocycles. The molecule has 1 aromatic heterocycles. The van der Waals surface area contributed by atoms with Gasteiger partial charge in [-0.2, -0.15) is 0 Å². The molecule has 2 atom stereocenters. The molecule has 114 valence electrons. The largest absolute Gasteiger partial charge is 0.457 e. The highest BCUT2D eigenvalue weighted by Crippen LogP contribution is 2.48. The summed E-state index contributed by atoms with van der Waals surface area (Å²) in [6.45, 7) is 8.20. The van der Waals surface area contributed by atoms with Gasteiger partial charge in [-0.05, 0) is 62.2 Å². The maximum Gasteiger partial charge on any atom is 0.148 e. The van der Waals surface area contributed by atoms with Crippen LogP contribution >= 0.6 is 15.9 Å². The fraction of sp³-hybridized carbons (Fsp3) is 0.529. The normalized spacial score (nSPS) is 25.3. The van der Waals surface area contributed by atoms with Crippen LogP contribution in [0.25, 0.3) is 11.0 Å². The molecule has 0 amide bonds. The summed E-state index contributed by atoms with van der Waals surface area (Å²) in [7, 11) is 0. The van der Waals surface area contributed by atoms with Gasteiger partial charge < -0.3 is 14.3 Å². The van der Waals surface area contributed by atoms with Crippen molar-refractivity contribution in [3.8, 4) is 0 Å². The van der Waals surface area contributed by atoms with E-state index in [1.807, 2.05) is 38.1 Å². The molecule has 0 radical (unpaired) electrons. The molecular formula is C17H21BrO3. The van der Waals surface area contributed by atoms with E-state index in [2.05, 4.69) is 29.8 Å². The second-order valence-corrected chi connectivity index (χ2v) is 7.88. The zero-order valence-electron chi connectivity index (χ0n) is 12.8. The Kier molecular flexibility index (Phi) is 3.47. The van der Waals surface area contributed by atoms with E-state index in [1.54, 1.807) is 0 Å². The first-order chi connectivity index (χ1) is 9.70. The van der Waals surface area contributed by atoms with Crippen molar-refractivity contribution in [3.05, 3.63) is 34.5 Å². The molecular weight excluding hydrogens is 332 g/mol. The predicted molar refractivity (Wildman–Crippen MR) is 86.2 cm³/mol.